The molecule has 0 N–H and O–H groups in total. The molecule has 0 aliphatic heterocycles. The number of thiol groups is 1. The summed E-state index contributed by atoms with van der Waals surface area (Å²) in [5.41, 5.74) is 0. The molecule has 0 fully saturated rings. The van der Waals surface area contributed by atoms with Gasteiger partial charge in [-0.05, 0) is 32.1 Å². The van der Waals surface area contributed by atoms with Crippen LogP contribution in [0.25, 0.3) is 0 Å². The summed E-state index contributed by atoms with van der Waals surface area (Å²) in [4.78, 5) is 2.41. The zero-order chi connectivity index (χ0) is 11.5. The molecule has 0 radical (unpaired) electrons. The molecule has 0 aliphatic carbocycles. The molecule has 3 nitrogen and oxygen atoms in total. The molecular formula is C11H25NO2S. The Morgan fingerprint density at radius 3 is 2.40 bits per heavy atom. The van der Waals surface area contributed by atoms with E-state index in [1.54, 1.807) is 14.2 Å². The fourth-order valence-electron chi connectivity index (χ4n) is 1.53. The third kappa shape index (κ3) is 8.08. The lowest BCUT2D eigenvalue weighted by atomic mass is 10.2. The van der Waals surface area contributed by atoms with Crippen molar-refractivity contribution >= 4 is 12.6 Å². The number of hydrogen-bond donors (Lipinski definition) is 1. The second kappa shape index (κ2) is 10.7. The standard InChI is InChI=1S/C11H25NO2S/c1-11(10-14-3)12(7-8-13-2)6-4-5-9-15/h11,15H,4-10H2,1-3H3. The minimum Gasteiger partial charge on any atom is -0.383 e. The Bertz CT molecular complexity index is 136. The predicted molar refractivity (Wildman–Crippen MR) is 67.9 cm³/mol. The van der Waals surface area contributed by atoms with Crippen molar-refractivity contribution in [3.05, 3.63) is 0 Å². The Hall–Kier alpha value is 0.230. The summed E-state index contributed by atoms with van der Waals surface area (Å²) in [6, 6.07) is 0.463. The molecule has 0 bridgehead atoms. The molecule has 0 aromatic rings. The minimum atomic E-state index is 0.463. The fourth-order valence-corrected chi connectivity index (χ4v) is 1.76. The number of unbranched alkanes of at least 4 members (excludes halogenated alkanes) is 1. The second-order valence-corrected chi connectivity index (χ2v) is 4.21. The first-order chi connectivity index (χ1) is 7.26. The topological polar surface area (TPSA) is 21.7 Å². The molecule has 0 aliphatic rings. The van der Waals surface area contributed by atoms with Gasteiger partial charge in [-0.15, -0.1) is 0 Å². The van der Waals surface area contributed by atoms with E-state index in [-0.39, 0.29) is 0 Å². The molecular weight excluding hydrogens is 210 g/mol. The number of ether oxygens (including phenoxy) is 2. The third-order valence-corrected chi connectivity index (χ3v) is 2.78. The molecule has 0 spiro atoms. The predicted octanol–water partition coefficient (Wildman–Crippen LogP) is 1.68. The monoisotopic (exact) mass is 235 g/mol. The molecule has 15 heavy (non-hydrogen) atoms. The summed E-state index contributed by atoms with van der Waals surface area (Å²) in [7, 11) is 3.49. The van der Waals surface area contributed by atoms with Crippen LogP contribution in [-0.4, -0.2) is 57.2 Å². The highest BCUT2D eigenvalue weighted by Gasteiger charge is 2.12. The van der Waals surface area contributed by atoms with E-state index < -0.39 is 0 Å². The van der Waals surface area contributed by atoms with Crippen LogP contribution < -0.4 is 0 Å². The molecule has 1 atom stereocenters. The van der Waals surface area contributed by atoms with Gasteiger partial charge in [-0.3, -0.25) is 4.90 Å². The SMILES string of the molecule is COCCN(CCCCS)C(C)COC. The molecule has 0 amide bonds. The highest BCUT2D eigenvalue weighted by atomic mass is 32.1. The lowest BCUT2D eigenvalue weighted by molar-refractivity contribution is 0.0743. The van der Waals surface area contributed by atoms with E-state index in [1.807, 2.05) is 0 Å². The summed E-state index contributed by atoms with van der Waals surface area (Å²) < 4.78 is 10.3. The highest BCUT2D eigenvalue weighted by Crippen LogP contribution is 2.03. The summed E-state index contributed by atoms with van der Waals surface area (Å²) in [5, 5.41) is 0. The van der Waals surface area contributed by atoms with Crippen molar-refractivity contribution in [3.8, 4) is 0 Å². The maximum Gasteiger partial charge on any atom is 0.0615 e. The Morgan fingerprint density at radius 1 is 1.13 bits per heavy atom. The molecule has 0 aromatic carbocycles. The molecule has 0 saturated heterocycles. The summed E-state index contributed by atoms with van der Waals surface area (Å²) in [6.45, 7) is 5.85. The van der Waals surface area contributed by atoms with Crippen LogP contribution in [0.1, 0.15) is 19.8 Å². The van der Waals surface area contributed by atoms with Crippen LogP contribution in [0.3, 0.4) is 0 Å². The first-order valence-corrected chi connectivity index (χ1v) is 6.22. The number of methoxy groups -OCH3 is 2. The van der Waals surface area contributed by atoms with Crippen molar-refractivity contribution in [1.29, 1.82) is 0 Å². The lowest BCUT2D eigenvalue weighted by Gasteiger charge is -2.28. The largest absolute Gasteiger partial charge is 0.383 e. The van der Waals surface area contributed by atoms with Crippen LogP contribution in [-0.2, 0) is 9.47 Å². The van der Waals surface area contributed by atoms with Gasteiger partial charge in [0.05, 0.1) is 13.2 Å². The maximum absolute atomic E-state index is 5.17. The van der Waals surface area contributed by atoms with E-state index in [0.717, 1.165) is 32.1 Å². The number of hydrogen-bond acceptors (Lipinski definition) is 4. The van der Waals surface area contributed by atoms with E-state index in [9.17, 15) is 0 Å². The highest BCUT2D eigenvalue weighted by molar-refractivity contribution is 7.80. The Morgan fingerprint density at radius 2 is 1.87 bits per heavy atom. The van der Waals surface area contributed by atoms with Crippen molar-refractivity contribution in [2.75, 3.05) is 46.3 Å². The van der Waals surface area contributed by atoms with Gasteiger partial charge in [0, 0.05) is 26.8 Å². The summed E-state index contributed by atoms with van der Waals surface area (Å²) in [5.74, 6) is 0.969. The molecule has 0 heterocycles. The average molecular weight is 235 g/mol. The van der Waals surface area contributed by atoms with Gasteiger partial charge in [0.1, 0.15) is 0 Å². The summed E-state index contributed by atoms with van der Waals surface area (Å²) in [6.07, 6.45) is 2.37. The Balaban J connectivity index is 3.81. The van der Waals surface area contributed by atoms with E-state index in [0.29, 0.717) is 6.04 Å². The average Bonchev–Trinajstić information content (AvgIpc) is 2.23. The van der Waals surface area contributed by atoms with Crippen molar-refractivity contribution in [2.24, 2.45) is 0 Å². The molecule has 4 heteroatoms. The zero-order valence-corrected chi connectivity index (χ0v) is 11.1. The lowest BCUT2D eigenvalue weighted by Crippen LogP contribution is -2.39. The molecule has 0 rings (SSSR count). The van der Waals surface area contributed by atoms with Crippen molar-refractivity contribution in [2.45, 2.75) is 25.8 Å². The van der Waals surface area contributed by atoms with E-state index >= 15 is 0 Å². The van der Waals surface area contributed by atoms with Crippen molar-refractivity contribution in [3.63, 3.8) is 0 Å². The number of nitrogens with zero attached hydrogens (tertiary/aromatic N) is 1. The van der Waals surface area contributed by atoms with Gasteiger partial charge in [-0.1, -0.05) is 0 Å². The van der Waals surface area contributed by atoms with Gasteiger partial charge in [0.25, 0.3) is 0 Å². The zero-order valence-electron chi connectivity index (χ0n) is 10.2. The molecule has 0 aromatic heterocycles. The molecule has 92 valence electrons. The quantitative estimate of drug-likeness (QED) is 0.460. The van der Waals surface area contributed by atoms with E-state index in [1.165, 1.54) is 12.8 Å². The first-order valence-electron chi connectivity index (χ1n) is 5.59. The van der Waals surface area contributed by atoms with Crippen LogP contribution in [0.15, 0.2) is 0 Å². The smallest absolute Gasteiger partial charge is 0.0615 e. The van der Waals surface area contributed by atoms with Gasteiger partial charge < -0.3 is 9.47 Å². The van der Waals surface area contributed by atoms with Gasteiger partial charge >= 0.3 is 0 Å². The number of rotatable bonds is 10. The molecule has 0 saturated carbocycles. The Labute approximate surface area is 99.5 Å². The van der Waals surface area contributed by atoms with Gasteiger partial charge in [0.2, 0.25) is 0 Å². The minimum absolute atomic E-state index is 0.463. The summed E-state index contributed by atoms with van der Waals surface area (Å²) >= 11 is 4.22. The fraction of sp³-hybridized carbons (Fsp3) is 1.00. The Kier molecular flexibility index (Phi) is 10.9. The normalized spacial score (nSPS) is 13.4. The van der Waals surface area contributed by atoms with Crippen molar-refractivity contribution in [1.82, 2.24) is 4.90 Å². The van der Waals surface area contributed by atoms with Gasteiger partial charge in [-0.25, -0.2) is 0 Å². The van der Waals surface area contributed by atoms with Crippen LogP contribution >= 0.6 is 12.6 Å². The van der Waals surface area contributed by atoms with E-state index in [2.05, 4.69) is 24.5 Å². The maximum atomic E-state index is 5.17. The second-order valence-electron chi connectivity index (χ2n) is 3.76. The van der Waals surface area contributed by atoms with E-state index in [4.69, 9.17) is 9.47 Å². The first kappa shape index (κ1) is 15.2. The van der Waals surface area contributed by atoms with Crippen molar-refractivity contribution < 1.29 is 9.47 Å². The van der Waals surface area contributed by atoms with Crippen LogP contribution in [0.5, 0.6) is 0 Å². The third-order valence-electron chi connectivity index (χ3n) is 2.47. The van der Waals surface area contributed by atoms with Gasteiger partial charge in [-0.2, -0.15) is 12.6 Å². The van der Waals surface area contributed by atoms with Gasteiger partial charge in [0.15, 0.2) is 0 Å². The molecule has 1 unspecified atom stereocenters. The van der Waals surface area contributed by atoms with Crippen LogP contribution in [0, 0.1) is 0 Å². The van der Waals surface area contributed by atoms with Crippen LogP contribution in [0.4, 0.5) is 0 Å². The van der Waals surface area contributed by atoms with Crippen LogP contribution in [0.2, 0.25) is 0 Å².